The fourth-order valence-electron chi connectivity index (χ4n) is 1.91. The van der Waals surface area contributed by atoms with Gasteiger partial charge in [-0.25, -0.2) is 4.68 Å². The van der Waals surface area contributed by atoms with Crippen LogP contribution in [0.25, 0.3) is 0 Å². The number of carbonyl (C=O) groups is 2. The van der Waals surface area contributed by atoms with Gasteiger partial charge in [-0.15, -0.1) is 10.2 Å². The van der Waals surface area contributed by atoms with Crippen LogP contribution in [0.15, 0.2) is 30.9 Å². The van der Waals surface area contributed by atoms with E-state index in [1.54, 1.807) is 18.2 Å². The lowest BCUT2D eigenvalue weighted by Gasteiger charge is -2.12. The molecule has 2 aromatic rings. The van der Waals surface area contributed by atoms with Crippen LogP contribution < -0.4 is 10.7 Å². The van der Waals surface area contributed by atoms with Gasteiger partial charge in [-0.1, -0.05) is 19.9 Å². The molecule has 0 spiro atoms. The van der Waals surface area contributed by atoms with Crippen molar-refractivity contribution in [2.75, 3.05) is 10.7 Å². The highest BCUT2D eigenvalue weighted by molar-refractivity contribution is 6.01. The van der Waals surface area contributed by atoms with Crippen molar-refractivity contribution < 1.29 is 9.59 Å². The molecule has 0 fully saturated rings. The first-order chi connectivity index (χ1) is 10.5. The van der Waals surface area contributed by atoms with E-state index in [2.05, 4.69) is 20.9 Å². The minimum atomic E-state index is -0.306. The molecule has 0 atom stereocenters. The summed E-state index contributed by atoms with van der Waals surface area (Å²) in [6, 6.07) is 5.16. The molecule has 0 bridgehead atoms. The molecular weight excluding hydrogens is 282 g/mol. The van der Waals surface area contributed by atoms with Crippen molar-refractivity contribution in [1.29, 1.82) is 0 Å². The third kappa shape index (κ3) is 4.15. The number of benzene rings is 1. The van der Waals surface area contributed by atoms with E-state index in [1.807, 2.05) is 20.8 Å². The van der Waals surface area contributed by atoms with Crippen LogP contribution in [0.2, 0.25) is 0 Å². The molecule has 1 aromatic heterocycles. The second-order valence-corrected chi connectivity index (χ2v) is 5.49. The van der Waals surface area contributed by atoms with E-state index in [-0.39, 0.29) is 17.7 Å². The zero-order valence-corrected chi connectivity index (χ0v) is 12.8. The van der Waals surface area contributed by atoms with Crippen molar-refractivity contribution in [3.8, 4) is 0 Å². The molecule has 1 aromatic carbocycles. The summed E-state index contributed by atoms with van der Waals surface area (Å²) >= 11 is 0. The van der Waals surface area contributed by atoms with Crippen LogP contribution in [-0.2, 0) is 4.79 Å². The summed E-state index contributed by atoms with van der Waals surface area (Å²) < 4.78 is 1.36. The number of aromatic nitrogens is 3. The zero-order valence-electron chi connectivity index (χ0n) is 12.8. The van der Waals surface area contributed by atoms with Crippen LogP contribution in [-0.4, -0.2) is 26.7 Å². The minimum absolute atomic E-state index is 0.0607. The molecule has 7 nitrogen and oxygen atoms in total. The summed E-state index contributed by atoms with van der Waals surface area (Å²) in [5, 5.41) is 10.1. The van der Waals surface area contributed by atoms with Crippen LogP contribution in [0.3, 0.4) is 0 Å². The number of aryl methyl sites for hydroxylation is 1. The van der Waals surface area contributed by atoms with Crippen LogP contribution in [0, 0.1) is 12.8 Å². The Morgan fingerprint density at radius 3 is 2.55 bits per heavy atom. The van der Waals surface area contributed by atoms with E-state index in [4.69, 9.17) is 0 Å². The maximum absolute atomic E-state index is 12.1. The standard InChI is InChI=1S/C15H19N5O2/c1-10(2)6-14(21)18-13-7-12(5-4-11(13)3)15(22)19-20-8-16-17-9-20/h4-5,7-10H,6H2,1-3H3,(H,18,21)(H,19,22). The lowest BCUT2D eigenvalue weighted by Crippen LogP contribution is -2.22. The number of carbonyl (C=O) groups excluding carboxylic acids is 2. The fourth-order valence-corrected chi connectivity index (χ4v) is 1.91. The molecule has 2 amide bonds. The van der Waals surface area contributed by atoms with Crippen molar-refractivity contribution in [3.63, 3.8) is 0 Å². The maximum Gasteiger partial charge on any atom is 0.270 e. The van der Waals surface area contributed by atoms with Crippen LogP contribution in [0.4, 0.5) is 5.69 Å². The van der Waals surface area contributed by atoms with Gasteiger partial charge in [0.25, 0.3) is 5.91 Å². The number of hydrogen-bond donors (Lipinski definition) is 2. The molecule has 2 N–H and O–H groups in total. The molecular formula is C15H19N5O2. The Morgan fingerprint density at radius 2 is 1.91 bits per heavy atom. The van der Waals surface area contributed by atoms with Crippen molar-refractivity contribution in [2.24, 2.45) is 5.92 Å². The predicted octanol–water partition coefficient (Wildman–Crippen LogP) is 1.96. The molecule has 1 heterocycles. The highest BCUT2D eigenvalue weighted by Gasteiger charge is 2.11. The smallest absolute Gasteiger partial charge is 0.270 e. The highest BCUT2D eigenvalue weighted by Crippen LogP contribution is 2.18. The maximum atomic E-state index is 12.1. The lowest BCUT2D eigenvalue weighted by molar-refractivity contribution is -0.116. The number of nitrogens with one attached hydrogen (secondary N) is 2. The highest BCUT2D eigenvalue weighted by atomic mass is 16.2. The first kappa shape index (κ1) is 15.7. The molecule has 22 heavy (non-hydrogen) atoms. The molecule has 0 aliphatic carbocycles. The second kappa shape index (κ2) is 6.84. The van der Waals surface area contributed by atoms with Gasteiger partial charge in [-0.3, -0.25) is 15.0 Å². The topological polar surface area (TPSA) is 88.9 Å². The van der Waals surface area contributed by atoms with Gasteiger partial charge in [0.1, 0.15) is 12.7 Å². The number of nitrogens with zero attached hydrogens (tertiary/aromatic N) is 3. The Kier molecular flexibility index (Phi) is 4.88. The third-order valence-electron chi connectivity index (χ3n) is 3.02. The molecule has 116 valence electrons. The van der Waals surface area contributed by atoms with Gasteiger partial charge in [0.2, 0.25) is 5.91 Å². The summed E-state index contributed by atoms with van der Waals surface area (Å²) in [4.78, 5) is 24.0. The zero-order chi connectivity index (χ0) is 16.1. The van der Waals surface area contributed by atoms with Gasteiger partial charge < -0.3 is 5.32 Å². The molecule has 7 heteroatoms. The summed E-state index contributed by atoms with van der Waals surface area (Å²) in [5.41, 5.74) is 4.60. The Balaban J connectivity index is 2.12. The largest absolute Gasteiger partial charge is 0.326 e. The Labute approximate surface area is 128 Å². The lowest BCUT2D eigenvalue weighted by atomic mass is 10.1. The average molecular weight is 301 g/mol. The number of hydrogen-bond acceptors (Lipinski definition) is 4. The van der Waals surface area contributed by atoms with Crippen molar-refractivity contribution in [2.45, 2.75) is 27.2 Å². The number of anilines is 1. The third-order valence-corrected chi connectivity index (χ3v) is 3.02. The quantitative estimate of drug-likeness (QED) is 0.883. The number of rotatable bonds is 5. The fraction of sp³-hybridized carbons (Fsp3) is 0.333. The minimum Gasteiger partial charge on any atom is -0.326 e. The van der Waals surface area contributed by atoms with E-state index >= 15 is 0 Å². The molecule has 0 aliphatic heterocycles. The summed E-state index contributed by atoms with van der Waals surface area (Å²) in [6.45, 7) is 5.84. The molecule has 0 saturated heterocycles. The SMILES string of the molecule is Cc1ccc(C(=O)Nn2cnnc2)cc1NC(=O)CC(C)C. The van der Waals surface area contributed by atoms with E-state index in [0.29, 0.717) is 17.7 Å². The van der Waals surface area contributed by atoms with Crippen LogP contribution >= 0.6 is 0 Å². The first-order valence-electron chi connectivity index (χ1n) is 7.02. The Hall–Kier alpha value is -2.70. The van der Waals surface area contributed by atoms with Crippen molar-refractivity contribution in [1.82, 2.24) is 14.9 Å². The average Bonchev–Trinajstić information content (AvgIpc) is 2.93. The molecule has 0 radical (unpaired) electrons. The summed E-state index contributed by atoms with van der Waals surface area (Å²) in [7, 11) is 0. The summed E-state index contributed by atoms with van der Waals surface area (Å²) in [6.07, 6.45) is 3.21. The van der Waals surface area contributed by atoms with Crippen LogP contribution in [0.5, 0.6) is 0 Å². The van der Waals surface area contributed by atoms with E-state index in [0.717, 1.165) is 5.56 Å². The Bertz CT molecular complexity index is 665. The van der Waals surface area contributed by atoms with E-state index in [9.17, 15) is 9.59 Å². The van der Waals surface area contributed by atoms with Crippen LogP contribution in [0.1, 0.15) is 36.2 Å². The molecule has 0 aliphatic rings. The number of amides is 2. The van der Waals surface area contributed by atoms with Gasteiger partial charge in [-0.2, -0.15) is 0 Å². The van der Waals surface area contributed by atoms with E-state index in [1.165, 1.54) is 17.3 Å². The van der Waals surface area contributed by atoms with Gasteiger partial charge >= 0.3 is 0 Å². The van der Waals surface area contributed by atoms with Crippen molar-refractivity contribution >= 4 is 17.5 Å². The predicted molar refractivity (Wildman–Crippen MR) is 83.0 cm³/mol. The van der Waals surface area contributed by atoms with Crippen molar-refractivity contribution in [3.05, 3.63) is 42.0 Å². The van der Waals surface area contributed by atoms with Gasteiger partial charge in [-0.05, 0) is 30.5 Å². The first-order valence-corrected chi connectivity index (χ1v) is 7.02. The van der Waals surface area contributed by atoms with Gasteiger partial charge in [0.05, 0.1) is 0 Å². The molecule has 0 unspecified atom stereocenters. The molecule has 2 rings (SSSR count). The second-order valence-electron chi connectivity index (χ2n) is 5.49. The van der Waals surface area contributed by atoms with Gasteiger partial charge in [0, 0.05) is 17.7 Å². The summed E-state index contributed by atoms with van der Waals surface area (Å²) in [5.74, 6) is -0.0887. The molecule has 0 saturated carbocycles. The van der Waals surface area contributed by atoms with Gasteiger partial charge in [0.15, 0.2) is 0 Å². The Morgan fingerprint density at radius 1 is 1.23 bits per heavy atom. The normalized spacial score (nSPS) is 10.5. The van der Waals surface area contributed by atoms with E-state index < -0.39 is 0 Å². The monoisotopic (exact) mass is 301 g/mol.